The zero-order valence-corrected chi connectivity index (χ0v) is 14.6. The molecule has 0 radical (unpaired) electrons. The summed E-state index contributed by atoms with van der Waals surface area (Å²) in [5.41, 5.74) is 3.03. The number of carbonyl (C=O) groups excluding carboxylic acids is 1. The van der Waals surface area contributed by atoms with Crippen molar-refractivity contribution in [2.24, 2.45) is 5.10 Å². The summed E-state index contributed by atoms with van der Waals surface area (Å²) in [7, 11) is 0. The van der Waals surface area contributed by atoms with Gasteiger partial charge in [0.2, 0.25) is 5.91 Å². The van der Waals surface area contributed by atoms with Gasteiger partial charge in [-0.05, 0) is 30.5 Å². The summed E-state index contributed by atoms with van der Waals surface area (Å²) in [4.78, 5) is 14.2. The second-order valence-electron chi connectivity index (χ2n) is 6.85. The minimum atomic E-state index is -0.262. The molecule has 134 valence electrons. The highest BCUT2D eigenvalue weighted by Gasteiger charge is 2.36. The highest BCUT2D eigenvalue weighted by Crippen LogP contribution is 2.24. The molecule has 0 N–H and O–H groups in total. The van der Waals surface area contributed by atoms with Gasteiger partial charge in [0.25, 0.3) is 0 Å². The maximum absolute atomic E-state index is 13.3. The first-order chi connectivity index (χ1) is 12.7. The molecule has 4 rings (SSSR count). The Balaban J connectivity index is 1.55. The minimum Gasteiger partial charge on any atom is -0.332 e. The molecule has 1 unspecified atom stereocenters. The van der Waals surface area contributed by atoms with Crippen molar-refractivity contribution in [3.8, 4) is 0 Å². The number of hydrogen-bond acceptors (Lipinski definition) is 3. The van der Waals surface area contributed by atoms with Crippen molar-refractivity contribution in [3.63, 3.8) is 0 Å². The van der Waals surface area contributed by atoms with E-state index in [0.717, 1.165) is 37.2 Å². The van der Waals surface area contributed by atoms with E-state index in [0.29, 0.717) is 13.0 Å². The summed E-state index contributed by atoms with van der Waals surface area (Å²) in [5.74, 6) is -0.0724. The van der Waals surface area contributed by atoms with E-state index in [1.165, 1.54) is 17.7 Å². The van der Waals surface area contributed by atoms with Crippen molar-refractivity contribution in [2.45, 2.75) is 25.3 Å². The third-order valence-corrected chi connectivity index (χ3v) is 5.08. The number of carbonyl (C=O) groups is 1. The molecule has 2 aromatic carbocycles. The smallest absolute Gasteiger partial charge is 0.223 e. The molecule has 1 amide bonds. The van der Waals surface area contributed by atoms with Crippen LogP contribution in [0.2, 0.25) is 0 Å². The third kappa shape index (κ3) is 3.47. The number of nitrogens with zero attached hydrogens (tertiary/aromatic N) is 3. The fourth-order valence-corrected chi connectivity index (χ4v) is 3.71. The van der Waals surface area contributed by atoms with E-state index in [1.807, 2.05) is 28.1 Å². The number of rotatable bonds is 5. The zero-order valence-electron chi connectivity index (χ0n) is 14.6. The van der Waals surface area contributed by atoms with Crippen LogP contribution in [0.3, 0.4) is 0 Å². The molecule has 0 aliphatic carbocycles. The first-order valence-corrected chi connectivity index (χ1v) is 9.13. The molecule has 2 aliphatic heterocycles. The average molecular weight is 351 g/mol. The quantitative estimate of drug-likeness (QED) is 0.830. The van der Waals surface area contributed by atoms with E-state index in [2.05, 4.69) is 12.1 Å². The molecular formula is C21H22FN3O. The first kappa shape index (κ1) is 16.8. The number of hydrogen-bond donors (Lipinski definition) is 0. The van der Waals surface area contributed by atoms with E-state index < -0.39 is 0 Å². The molecule has 0 bridgehead atoms. The van der Waals surface area contributed by atoms with Crippen LogP contribution in [0.1, 0.15) is 24.0 Å². The van der Waals surface area contributed by atoms with Crippen molar-refractivity contribution in [1.82, 2.24) is 9.91 Å². The van der Waals surface area contributed by atoms with Gasteiger partial charge in [-0.3, -0.25) is 9.80 Å². The van der Waals surface area contributed by atoms with Crippen molar-refractivity contribution in [3.05, 3.63) is 71.5 Å². The van der Waals surface area contributed by atoms with Gasteiger partial charge in [-0.1, -0.05) is 42.5 Å². The number of hydrazone groups is 1. The van der Waals surface area contributed by atoms with Gasteiger partial charge in [-0.2, -0.15) is 5.10 Å². The predicted octanol–water partition coefficient (Wildman–Crippen LogP) is 3.08. The number of benzene rings is 2. The van der Waals surface area contributed by atoms with E-state index in [-0.39, 0.29) is 17.8 Å². The Kier molecular flexibility index (Phi) is 4.69. The number of likely N-dealkylation sites (tertiary alicyclic amines) is 1. The van der Waals surface area contributed by atoms with Crippen LogP contribution in [0.15, 0.2) is 59.7 Å². The second-order valence-corrected chi connectivity index (χ2v) is 6.85. The van der Waals surface area contributed by atoms with Crippen LogP contribution in [0, 0.1) is 5.82 Å². The molecule has 1 saturated heterocycles. The monoisotopic (exact) mass is 351 g/mol. The highest BCUT2D eigenvalue weighted by molar-refractivity contribution is 6.07. The van der Waals surface area contributed by atoms with Crippen molar-refractivity contribution < 1.29 is 9.18 Å². The lowest BCUT2D eigenvalue weighted by atomic mass is 10.0. The summed E-state index contributed by atoms with van der Waals surface area (Å²) < 4.78 is 13.3. The Morgan fingerprint density at radius 2 is 1.85 bits per heavy atom. The molecule has 0 aromatic heterocycles. The Labute approximate surface area is 152 Å². The molecular weight excluding hydrogens is 329 g/mol. The maximum Gasteiger partial charge on any atom is 0.223 e. The maximum atomic E-state index is 13.3. The van der Waals surface area contributed by atoms with Crippen LogP contribution in [-0.4, -0.2) is 47.2 Å². The fourth-order valence-electron chi connectivity index (χ4n) is 3.71. The lowest BCUT2D eigenvalue weighted by Crippen LogP contribution is -2.44. The molecule has 1 atom stereocenters. The SMILES string of the molecule is O=C1CCCN1C1CN(CCc2ccccc2)N=C1c1ccc(F)cc1. The molecule has 0 spiro atoms. The van der Waals surface area contributed by atoms with Gasteiger partial charge >= 0.3 is 0 Å². The van der Waals surface area contributed by atoms with Crippen molar-refractivity contribution >= 4 is 11.6 Å². The first-order valence-electron chi connectivity index (χ1n) is 9.13. The summed E-state index contributed by atoms with van der Waals surface area (Å²) in [5, 5.41) is 6.84. The average Bonchev–Trinajstić information content (AvgIpc) is 3.27. The molecule has 5 heteroatoms. The minimum absolute atomic E-state index is 0.0498. The largest absolute Gasteiger partial charge is 0.332 e. The van der Waals surface area contributed by atoms with Crippen LogP contribution in [0.5, 0.6) is 0 Å². The van der Waals surface area contributed by atoms with E-state index in [9.17, 15) is 9.18 Å². The highest BCUT2D eigenvalue weighted by atomic mass is 19.1. The molecule has 1 fully saturated rings. The summed E-state index contributed by atoms with van der Waals surface area (Å²) in [6.07, 6.45) is 2.41. The Morgan fingerprint density at radius 3 is 2.54 bits per heavy atom. The summed E-state index contributed by atoms with van der Waals surface area (Å²) in [6, 6.07) is 16.7. The third-order valence-electron chi connectivity index (χ3n) is 5.08. The molecule has 4 nitrogen and oxygen atoms in total. The Hall–Kier alpha value is -2.69. The van der Waals surface area contributed by atoms with Crippen LogP contribution >= 0.6 is 0 Å². The Bertz CT molecular complexity index is 804. The number of amides is 1. The summed E-state index contributed by atoms with van der Waals surface area (Å²) >= 11 is 0. The van der Waals surface area contributed by atoms with Crippen LogP contribution in [0.25, 0.3) is 0 Å². The molecule has 2 aromatic rings. The molecule has 26 heavy (non-hydrogen) atoms. The van der Waals surface area contributed by atoms with Gasteiger partial charge in [0.15, 0.2) is 0 Å². The van der Waals surface area contributed by atoms with E-state index in [4.69, 9.17) is 5.10 Å². The number of halogens is 1. The van der Waals surface area contributed by atoms with Gasteiger partial charge in [0.1, 0.15) is 5.82 Å². The van der Waals surface area contributed by atoms with Gasteiger partial charge < -0.3 is 4.90 Å². The molecule has 0 saturated carbocycles. The standard InChI is InChI=1S/C21H22FN3O/c22-18-10-8-17(9-11-18)21-19(25-13-4-7-20(25)26)15-24(23-21)14-12-16-5-2-1-3-6-16/h1-3,5-6,8-11,19H,4,7,12-15H2. The zero-order chi connectivity index (χ0) is 17.9. The molecule has 2 aliphatic rings. The van der Waals surface area contributed by atoms with Gasteiger partial charge in [0.05, 0.1) is 18.3 Å². The second kappa shape index (κ2) is 7.28. The van der Waals surface area contributed by atoms with Crippen LogP contribution < -0.4 is 0 Å². The van der Waals surface area contributed by atoms with Gasteiger partial charge in [-0.25, -0.2) is 4.39 Å². The Morgan fingerprint density at radius 1 is 1.08 bits per heavy atom. The van der Waals surface area contributed by atoms with Gasteiger partial charge in [-0.15, -0.1) is 0 Å². The lowest BCUT2D eigenvalue weighted by molar-refractivity contribution is -0.128. The molecule has 2 heterocycles. The lowest BCUT2D eigenvalue weighted by Gasteiger charge is -2.25. The summed E-state index contributed by atoms with van der Waals surface area (Å²) in [6.45, 7) is 2.27. The fraction of sp³-hybridized carbons (Fsp3) is 0.333. The van der Waals surface area contributed by atoms with E-state index in [1.54, 1.807) is 12.1 Å². The normalized spacial score (nSPS) is 20.0. The van der Waals surface area contributed by atoms with Crippen LogP contribution in [-0.2, 0) is 11.2 Å². The predicted molar refractivity (Wildman–Crippen MR) is 99.4 cm³/mol. The topological polar surface area (TPSA) is 35.9 Å². The van der Waals surface area contributed by atoms with Crippen LogP contribution in [0.4, 0.5) is 4.39 Å². The van der Waals surface area contributed by atoms with Gasteiger partial charge in [0, 0.05) is 25.1 Å². The van der Waals surface area contributed by atoms with E-state index >= 15 is 0 Å². The van der Waals surface area contributed by atoms with Crippen molar-refractivity contribution in [1.29, 1.82) is 0 Å². The van der Waals surface area contributed by atoms with Crippen molar-refractivity contribution in [2.75, 3.05) is 19.6 Å².